The third kappa shape index (κ3) is 1.78. The summed E-state index contributed by atoms with van der Waals surface area (Å²) in [7, 11) is 2.18. The van der Waals surface area contributed by atoms with Crippen LogP contribution < -0.4 is 0 Å². The summed E-state index contributed by atoms with van der Waals surface area (Å²) in [6.45, 7) is 2.47. The Kier molecular flexibility index (Phi) is 2.98. The zero-order valence-corrected chi connectivity index (χ0v) is 11.5. The summed E-state index contributed by atoms with van der Waals surface area (Å²) in [5.74, 6) is 0. The van der Waals surface area contributed by atoms with Gasteiger partial charge in [0.05, 0.1) is 0 Å². The maximum atomic E-state index is 2.48. The van der Waals surface area contributed by atoms with Gasteiger partial charge < -0.3 is 0 Å². The van der Waals surface area contributed by atoms with Gasteiger partial charge in [0.25, 0.3) is 0 Å². The van der Waals surface area contributed by atoms with Gasteiger partial charge in [-0.25, -0.2) is 0 Å². The van der Waals surface area contributed by atoms with E-state index >= 15 is 0 Å². The van der Waals surface area contributed by atoms with E-state index in [-0.39, 0.29) is 0 Å². The molecule has 1 aliphatic rings. The van der Waals surface area contributed by atoms with Crippen LogP contribution in [0.3, 0.4) is 0 Å². The van der Waals surface area contributed by atoms with Gasteiger partial charge in [0.2, 0.25) is 0 Å². The van der Waals surface area contributed by atoms with Crippen molar-refractivity contribution in [3.63, 3.8) is 0 Å². The van der Waals surface area contributed by atoms with E-state index in [0.717, 1.165) is 30.1 Å². The maximum absolute atomic E-state index is 2.48. The Labute approximate surface area is 79.8 Å². The molecule has 0 aliphatic carbocycles. The van der Waals surface area contributed by atoms with Crippen LogP contribution in [0.15, 0.2) is 0 Å². The average Bonchev–Trinajstić information content (AvgIpc) is 1.85. The standard InChI is InChI=1S/C4H8IN2.Tl/c1-7-3-6-2-4(7)5;/h4H,2-3H2,1H3;/q-1;+1. The Morgan fingerprint density at radius 2 is 2.38 bits per heavy atom. The van der Waals surface area contributed by atoms with Crippen LogP contribution in [0.1, 0.15) is 0 Å². The molecule has 1 aliphatic heterocycles. The van der Waals surface area contributed by atoms with Crippen molar-refractivity contribution in [2.24, 2.45) is 0 Å². The van der Waals surface area contributed by atoms with E-state index in [2.05, 4.69) is 37.2 Å². The molecule has 1 saturated heterocycles. The number of nitrogens with zero attached hydrogens (tertiary/aromatic N) is 2. The molecule has 2 nitrogen and oxygen atoms in total. The fraction of sp³-hybridized carbons (Fsp3) is 1.00. The average molecular weight is 415 g/mol. The van der Waals surface area contributed by atoms with Crippen molar-refractivity contribution in [3.05, 3.63) is 0 Å². The van der Waals surface area contributed by atoms with Gasteiger partial charge in [-0.05, 0) is 0 Å². The van der Waals surface area contributed by atoms with E-state index in [1.54, 1.807) is 0 Å². The molecule has 0 aromatic carbocycles. The normalized spacial score (nSPS) is 33.9. The predicted molar refractivity (Wildman–Crippen MR) is 42.9 cm³/mol. The van der Waals surface area contributed by atoms with Crippen LogP contribution in [-0.2, 0) is 0 Å². The molecule has 1 unspecified atom stereocenters. The summed E-state index contributed by atoms with van der Waals surface area (Å²) >= 11 is 3.51. The van der Waals surface area contributed by atoms with Crippen molar-refractivity contribution in [1.29, 1.82) is 0 Å². The summed E-state index contributed by atoms with van der Waals surface area (Å²) in [6, 6.07) is 0. The molecular formula is C4H8IN2Tl. The van der Waals surface area contributed by atoms with Crippen LogP contribution in [0.4, 0.5) is 0 Å². The SMILES string of the molecule is CN1C[N]([Tl])CC1I. The summed E-state index contributed by atoms with van der Waals surface area (Å²) in [5, 5.41) is 0. The van der Waals surface area contributed by atoms with Crippen molar-refractivity contribution >= 4 is 48.7 Å². The molecule has 0 saturated carbocycles. The van der Waals surface area contributed by atoms with Gasteiger partial charge in [-0.1, -0.05) is 0 Å². The van der Waals surface area contributed by atoms with Gasteiger partial charge in [-0.2, -0.15) is 0 Å². The van der Waals surface area contributed by atoms with E-state index in [1.807, 2.05) is 0 Å². The summed E-state index contributed by atoms with van der Waals surface area (Å²) < 4.78 is 3.24. The van der Waals surface area contributed by atoms with E-state index in [9.17, 15) is 0 Å². The molecule has 0 radical (unpaired) electrons. The van der Waals surface area contributed by atoms with Gasteiger partial charge in [0.15, 0.2) is 0 Å². The fourth-order valence-corrected chi connectivity index (χ4v) is 4.89. The number of hydrogen-bond donors (Lipinski definition) is 0. The summed E-state index contributed by atoms with van der Waals surface area (Å²) in [6.07, 6.45) is 0. The Morgan fingerprint density at radius 3 is 2.50 bits per heavy atom. The third-order valence-electron chi connectivity index (χ3n) is 1.27. The van der Waals surface area contributed by atoms with Crippen molar-refractivity contribution in [3.8, 4) is 0 Å². The zero-order chi connectivity index (χ0) is 6.15. The van der Waals surface area contributed by atoms with Crippen molar-refractivity contribution in [2.45, 2.75) is 4.05 Å². The molecule has 0 spiro atoms. The van der Waals surface area contributed by atoms with Crippen molar-refractivity contribution in [2.75, 3.05) is 20.3 Å². The van der Waals surface area contributed by atoms with Crippen LogP contribution in [0.2, 0.25) is 0 Å². The number of halogens is 1. The van der Waals surface area contributed by atoms with Gasteiger partial charge in [-0.3, -0.25) is 0 Å². The second kappa shape index (κ2) is 3.11. The van der Waals surface area contributed by atoms with Crippen LogP contribution in [0.5, 0.6) is 0 Å². The monoisotopic (exact) mass is 416 g/mol. The molecule has 1 fully saturated rings. The first-order valence-electron chi connectivity index (χ1n) is 2.54. The number of rotatable bonds is 0. The van der Waals surface area contributed by atoms with E-state index in [1.165, 1.54) is 13.2 Å². The van der Waals surface area contributed by atoms with Crippen molar-refractivity contribution < 1.29 is 0 Å². The predicted octanol–water partition coefficient (Wildman–Crippen LogP) is 0.0359. The molecule has 8 heavy (non-hydrogen) atoms. The van der Waals surface area contributed by atoms with Crippen LogP contribution in [0, 0.1) is 0 Å². The Hall–Kier alpha value is 1.57. The van der Waals surface area contributed by atoms with Gasteiger partial charge in [0, 0.05) is 0 Å². The molecule has 1 rings (SSSR count). The molecule has 44 valence electrons. The first-order chi connectivity index (χ1) is 3.70. The third-order valence-corrected chi connectivity index (χ3v) is 4.07. The number of hydrogen-bond acceptors (Lipinski definition) is 2. The first kappa shape index (κ1) is 7.68. The number of alkyl halides is 1. The minimum atomic E-state index is 0.762. The molecular weight excluding hydrogens is 407 g/mol. The van der Waals surface area contributed by atoms with E-state index in [4.69, 9.17) is 0 Å². The molecule has 1 heterocycles. The zero-order valence-electron chi connectivity index (χ0n) is 4.84. The second-order valence-corrected chi connectivity index (χ2v) is 6.38. The van der Waals surface area contributed by atoms with Crippen LogP contribution in [-0.4, -0.2) is 58.0 Å². The van der Waals surface area contributed by atoms with Crippen molar-refractivity contribution in [1.82, 2.24) is 7.61 Å². The Bertz CT molecular complexity index is 80.1. The fourth-order valence-electron chi connectivity index (χ4n) is 0.766. The quantitative estimate of drug-likeness (QED) is 0.239. The molecule has 0 aromatic rings. The second-order valence-electron chi connectivity index (χ2n) is 2.10. The Morgan fingerprint density at radius 1 is 1.75 bits per heavy atom. The Balaban J connectivity index is 2.39. The van der Waals surface area contributed by atoms with Gasteiger partial charge in [-0.15, -0.1) is 0 Å². The topological polar surface area (TPSA) is 6.48 Å². The minimum absolute atomic E-state index is 0.762. The van der Waals surface area contributed by atoms with E-state index < -0.39 is 0 Å². The van der Waals surface area contributed by atoms with Gasteiger partial charge >= 0.3 is 80.6 Å². The molecule has 4 heteroatoms. The van der Waals surface area contributed by atoms with E-state index in [0.29, 0.717) is 0 Å². The summed E-state index contributed by atoms with van der Waals surface area (Å²) in [4.78, 5) is 2.38. The molecule has 1 atom stereocenters. The number of likely N-dealkylation sites (N-methyl/N-ethyl adjacent to an activating group) is 1. The molecule has 0 amide bonds. The molecule has 0 bridgehead atoms. The first-order valence-corrected chi connectivity index (χ1v) is 5.79. The van der Waals surface area contributed by atoms with Crippen LogP contribution >= 0.6 is 22.6 Å². The molecule has 0 N–H and O–H groups in total. The van der Waals surface area contributed by atoms with Gasteiger partial charge in [0.1, 0.15) is 0 Å². The molecule has 0 aromatic heterocycles. The summed E-state index contributed by atoms with van der Waals surface area (Å²) in [5.41, 5.74) is 0. The van der Waals surface area contributed by atoms with Crippen LogP contribution in [0.25, 0.3) is 0 Å².